The Labute approximate surface area is 111 Å². The van der Waals surface area contributed by atoms with Gasteiger partial charge in [0.2, 0.25) is 0 Å². The Morgan fingerprint density at radius 3 is 2.37 bits per heavy atom. The second kappa shape index (κ2) is 5.45. The molecule has 0 radical (unpaired) electrons. The van der Waals surface area contributed by atoms with Gasteiger partial charge in [-0.1, -0.05) is 0 Å². The predicted molar refractivity (Wildman–Crippen MR) is 70.7 cm³/mol. The smallest absolute Gasteiger partial charge is 0.126 e. The summed E-state index contributed by atoms with van der Waals surface area (Å²) < 4.78 is 26.7. The maximum absolute atomic E-state index is 13.6. The second-order valence-electron chi connectivity index (χ2n) is 4.73. The van der Waals surface area contributed by atoms with Gasteiger partial charge in [0, 0.05) is 17.4 Å². The Kier molecular flexibility index (Phi) is 3.90. The van der Waals surface area contributed by atoms with Gasteiger partial charge in [-0.15, -0.1) is 0 Å². The van der Waals surface area contributed by atoms with E-state index in [1.807, 2.05) is 26.0 Å². The van der Waals surface area contributed by atoms with E-state index in [4.69, 9.17) is 5.73 Å². The van der Waals surface area contributed by atoms with Crippen molar-refractivity contribution in [1.29, 1.82) is 0 Å². The molecule has 1 aromatic heterocycles. The largest absolute Gasteiger partial charge is 0.324 e. The van der Waals surface area contributed by atoms with Gasteiger partial charge in [-0.2, -0.15) is 0 Å². The van der Waals surface area contributed by atoms with Crippen LogP contribution in [-0.2, 0) is 6.42 Å². The van der Waals surface area contributed by atoms with Crippen LogP contribution in [0.25, 0.3) is 0 Å². The monoisotopic (exact) mass is 262 g/mol. The van der Waals surface area contributed by atoms with Crippen LogP contribution in [0.3, 0.4) is 0 Å². The Morgan fingerprint density at radius 1 is 1.11 bits per heavy atom. The van der Waals surface area contributed by atoms with E-state index in [0.717, 1.165) is 29.1 Å². The third-order valence-electron chi connectivity index (χ3n) is 2.98. The molecule has 2 N–H and O–H groups in total. The first-order valence-corrected chi connectivity index (χ1v) is 6.10. The molecule has 0 amide bonds. The Balaban J connectivity index is 2.25. The fraction of sp³-hybridized carbons (Fsp3) is 0.267. The van der Waals surface area contributed by atoms with E-state index in [1.165, 1.54) is 6.07 Å². The molecule has 1 aromatic carbocycles. The molecule has 0 fully saturated rings. The van der Waals surface area contributed by atoms with E-state index in [1.54, 1.807) is 0 Å². The highest BCUT2D eigenvalue weighted by atomic mass is 19.1. The lowest BCUT2D eigenvalue weighted by Gasteiger charge is -2.14. The highest BCUT2D eigenvalue weighted by Gasteiger charge is 2.12. The lowest BCUT2D eigenvalue weighted by Crippen LogP contribution is -2.15. The zero-order chi connectivity index (χ0) is 14.0. The van der Waals surface area contributed by atoms with Crippen molar-refractivity contribution in [2.45, 2.75) is 26.3 Å². The average molecular weight is 262 g/mol. The Hall–Kier alpha value is -1.81. The third kappa shape index (κ3) is 3.35. The van der Waals surface area contributed by atoms with E-state index < -0.39 is 11.6 Å². The van der Waals surface area contributed by atoms with Gasteiger partial charge in [-0.3, -0.25) is 4.98 Å². The number of nitrogens with two attached hydrogens (primary N) is 1. The summed E-state index contributed by atoms with van der Waals surface area (Å²) >= 11 is 0. The van der Waals surface area contributed by atoms with E-state index in [2.05, 4.69) is 4.98 Å². The molecular formula is C15H16F2N2. The van der Waals surface area contributed by atoms with Crippen LogP contribution < -0.4 is 5.73 Å². The first-order chi connectivity index (χ1) is 8.95. The number of aromatic nitrogens is 1. The minimum Gasteiger partial charge on any atom is -0.324 e. The maximum atomic E-state index is 13.6. The number of aryl methyl sites for hydroxylation is 2. The maximum Gasteiger partial charge on any atom is 0.126 e. The van der Waals surface area contributed by atoms with Crippen LogP contribution in [0, 0.1) is 25.5 Å². The summed E-state index contributed by atoms with van der Waals surface area (Å²) in [6.07, 6.45) is 0.256. The van der Waals surface area contributed by atoms with Crippen molar-refractivity contribution in [3.63, 3.8) is 0 Å². The van der Waals surface area contributed by atoms with Crippen molar-refractivity contribution in [3.8, 4) is 0 Å². The quantitative estimate of drug-likeness (QED) is 0.922. The molecule has 0 bridgehead atoms. The van der Waals surface area contributed by atoms with Crippen molar-refractivity contribution < 1.29 is 8.78 Å². The standard InChI is InChI=1S/C15H16F2N2/c1-9-5-12(6-10(2)19-9)15(18)8-11-7-13(16)3-4-14(11)17/h3-7,15H,8,18H2,1-2H3. The zero-order valence-corrected chi connectivity index (χ0v) is 11.0. The van der Waals surface area contributed by atoms with Crippen molar-refractivity contribution in [2.75, 3.05) is 0 Å². The summed E-state index contributed by atoms with van der Waals surface area (Å²) in [5, 5.41) is 0. The number of benzene rings is 1. The number of rotatable bonds is 3. The van der Waals surface area contributed by atoms with E-state index in [-0.39, 0.29) is 12.5 Å². The molecule has 0 spiro atoms. The first kappa shape index (κ1) is 13.6. The number of pyridine rings is 1. The molecule has 1 heterocycles. The molecule has 0 aliphatic rings. The highest BCUT2D eigenvalue weighted by molar-refractivity contribution is 5.27. The summed E-state index contributed by atoms with van der Waals surface area (Å²) in [6.45, 7) is 3.76. The molecule has 0 aliphatic carbocycles. The van der Waals surface area contributed by atoms with Crippen molar-refractivity contribution in [1.82, 2.24) is 4.98 Å². The van der Waals surface area contributed by atoms with Crippen LogP contribution >= 0.6 is 0 Å². The summed E-state index contributed by atoms with van der Waals surface area (Å²) in [4.78, 5) is 4.27. The number of hydrogen-bond donors (Lipinski definition) is 1. The van der Waals surface area contributed by atoms with Gasteiger partial charge in [0.05, 0.1) is 0 Å². The third-order valence-corrected chi connectivity index (χ3v) is 2.98. The highest BCUT2D eigenvalue weighted by Crippen LogP contribution is 2.20. The van der Waals surface area contributed by atoms with E-state index in [0.29, 0.717) is 5.56 Å². The molecule has 2 rings (SSSR count). The molecule has 0 saturated heterocycles. The van der Waals surface area contributed by atoms with Crippen molar-refractivity contribution in [2.24, 2.45) is 5.73 Å². The van der Waals surface area contributed by atoms with Gasteiger partial charge in [0.15, 0.2) is 0 Å². The van der Waals surface area contributed by atoms with Gasteiger partial charge in [-0.05, 0) is 61.7 Å². The van der Waals surface area contributed by atoms with Crippen LogP contribution in [0.2, 0.25) is 0 Å². The Bertz CT molecular complexity index is 576. The van der Waals surface area contributed by atoms with Gasteiger partial charge in [0.25, 0.3) is 0 Å². The van der Waals surface area contributed by atoms with Crippen LogP contribution in [0.5, 0.6) is 0 Å². The molecule has 4 heteroatoms. The lowest BCUT2D eigenvalue weighted by atomic mass is 9.99. The van der Waals surface area contributed by atoms with E-state index in [9.17, 15) is 8.78 Å². The normalized spacial score (nSPS) is 12.5. The first-order valence-electron chi connectivity index (χ1n) is 6.10. The van der Waals surface area contributed by atoms with Crippen LogP contribution in [0.15, 0.2) is 30.3 Å². The summed E-state index contributed by atoms with van der Waals surface area (Å²) in [6, 6.07) is 6.78. The van der Waals surface area contributed by atoms with Crippen LogP contribution in [0.4, 0.5) is 8.78 Å². The fourth-order valence-electron chi connectivity index (χ4n) is 2.14. The minimum absolute atomic E-state index is 0.256. The molecule has 2 aromatic rings. The average Bonchev–Trinajstić information content (AvgIpc) is 2.32. The topological polar surface area (TPSA) is 38.9 Å². The Morgan fingerprint density at radius 2 is 1.74 bits per heavy atom. The molecule has 2 nitrogen and oxygen atoms in total. The molecule has 1 unspecified atom stereocenters. The van der Waals surface area contributed by atoms with Gasteiger partial charge >= 0.3 is 0 Å². The summed E-state index contributed by atoms with van der Waals surface area (Å²) in [5.74, 6) is -0.884. The second-order valence-corrected chi connectivity index (χ2v) is 4.73. The number of hydrogen-bond acceptors (Lipinski definition) is 2. The summed E-state index contributed by atoms with van der Waals surface area (Å²) in [7, 11) is 0. The molecule has 19 heavy (non-hydrogen) atoms. The number of nitrogens with zero attached hydrogens (tertiary/aromatic N) is 1. The summed E-state index contributed by atoms with van der Waals surface area (Å²) in [5.41, 5.74) is 8.97. The lowest BCUT2D eigenvalue weighted by molar-refractivity contribution is 0.572. The minimum atomic E-state index is -0.453. The fourth-order valence-corrected chi connectivity index (χ4v) is 2.14. The van der Waals surface area contributed by atoms with Crippen molar-refractivity contribution in [3.05, 3.63) is 64.5 Å². The zero-order valence-electron chi connectivity index (χ0n) is 11.0. The SMILES string of the molecule is Cc1cc(C(N)Cc2cc(F)ccc2F)cc(C)n1. The molecular weight excluding hydrogens is 246 g/mol. The van der Waals surface area contributed by atoms with Crippen LogP contribution in [0.1, 0.15) is 28.6 Å². The van der Waals surface area contributed by atoms with E-state index >= 15 is 0 Å². The number of halogens is 2. The molecule has 1 atom stereocenters. The van der Waals surface area contributed by atoms with Gasteiger partial charge in [-0.25, -0.2) is 8.78 Å². The van der Waals surface area contributed by atoms with Crippen molar-refractivity contribution >= 4 is 0 Å². The van der Waals surface area contributed by atoms with Gasteiger partial charge < -0.3 is 5.73 Å². The molecule has 0 saturated carbocycles. The van der Waals surface area contributed by atoms with Crippen LogP contribution in [-0.4, -0.2) is 4.98 Å². The predicted octanol–water partition coefficient (Wildman–Crippen LogP) is 3.22. The molecule has 100 valence electrons. The van der Waals surface area contributed by atoms with Gasteiger partial charge in [0.1, 0.15) is 11.6 Å². The molecule has 0 aliphatic heterocycles.